The molecule has 0 radical (unpaired) electrons. The van der Waals surface area contributed by atoms with Crippen molar-refractivity contribution in [3.8, 4) is 0 Å². The third-order valence-electron chi connectivity index (χ3n) is 4.84. The summed E-state index contributed by atoms with van der Waals surface area (Å²) in [6, 6.07) is 0. The fourth-order valence-electron chi connectivity index (χ4n) is 3.40. The molecular formula is C17H31IN6S. The number of guanidine groups is 1. The second kappa shape index (κ2) is 9.99. The van der Waals surface area contributed by atoms with E-state index in [9.17, 15) is 0 Å². The third kappa shape index (κ3) is 5.74. The van der Waals surface area contributed by atoms with Crippen molar-refractivity contribution >= 4 is 41.7 Å². The molecule has 3 heterocycles. The first-order chi connectivity index (χ1) is 11.7. The maximum absolute atomic E-state index is 4.75. The molecule has 142 valence electrons. The first-order valence-corrected chi connectivity index (χ1v) is 10.3. The van der Waals surface area contributed by atoms with Crippen LogP contribution in [-0.4, -0.2) is 44.3 Å². The predicted octanol–water partition coefficient (Wildman–Crippen LogP) is 2.96. The van der Waals surface area contributed by atoms with Gasteiger partial charge in [-0.05, 0) is 45.3 Å². The number of aromatic nitrogens is 3. The highest BCUT2D eigenvalue weighted by atomic mass is 127. The molecule has 0 aromatic carbocycles. The Morgan fingerprint density at radius 1 is 1.24 bits per heavy atom. The van der Waals surface area contributed by atoms with Crippen molar-refractivity contribution in [3.63, 3.8) is 0 Å². The standard InChI is InChI=1S/C17H30N6S.HI/c1-3-18-16(20-13-17(2)9-7-11-24-17)19-12-15-22-21-14-8-5-4-6-10-23(14)15;/h3-13H2,1-2H3,(H2,18,19,20);1H. The molecule has 1 fully saturated rings. The van der Waals surface area contributed by atoms with E-state index in [2.05, 4.69) is 51.0 Å². The average Bonchev–Trinajstić information content (AvgIpc) is 3.10. The van der Waals surface area contributed by atoms with Crippen LogP contribution in [0.25, 0.3) is 0 Å². The van der Waals surface area contributed by atoms with Crippen LogP contribution in [0.5, 0.6) is 0 Å². The van der Waals surface area contributed by atoms with E-state index in [1.165, 1.54) is 37.9 Å². The molecule has 1 aromatic rings. The van der Waals surface area contributed by atoms with Gasteiger partial charge in [0.25, 0.3) is 0 Å². The zero-order valence-corrected chi connectivity index (χ0v) is 18.5. The van der Waals surface area contributed by atoms with Gasteiger partial charge in [-0.2, -0.15) is 11.8 Å². The zero-order valence-electron chi connectivity index (χ0n) is 15.4. The van der Waals surface area contributed by atoms with E-state index in [1.807, 2.05) is 0 Å². The number of thioether (sulfide) groups is 1. The lowest BCUT2D eigenvalue weighted by atomic mass is 10.1. The van der Waals surface area contributed by atoms with Crippen molar-refractivity contribution in [3.05, 3.63) is 11.6 Å². The molecule has 2 aliphatic heterocycles. The molecule has 1 saturated heterocycles. The maximum atomic E-state index is 4.75. The highest BCUT2D eigenvalue weighted by Gasteiger charge is 2.29. The summed E-state index contributed by atoms with van der Waals surface area (Å²) < 4.78 is 2.61. The summed E-state index contributed by atoms with van der Waals surface area (Å²) in [5.41, 5.74) is 0. The van der Waals surface area contributed by atoms with Crippen LogP contribution in [0.2, 0.25) is 0 Å². The Hall–Kier alpha value is -0.510. The van der Waals surface area contributed by atoms with Crippen LogP contribution >= 0.6 is 35.7 Å². The summed E-state index contributed by atoms with van der Waals surface area (Å²) in [4.78, 5) is 4.75. The summed E-state index contributed by atoms with van der Waals surface area (Å²) >= 11 is 2.07. The number of aliphatic imine (C=N–C) groups is 1. The lowest BCUT2D eigenvalue weighted by Gasteiger charge is -2.24. The highest BCUT2D eigenvalue weighted by Crippen LogP contribution is 2.36. The molecule has 0 bridgehead atoms. The molecule has 0 saturated carbocycles. The monoisotopic (exact) mass is 478 g/mol. The number of hydrogen-bond donors (Lipinski definition) is 2. The predicted molar refractivity (Wildman–Crippen MR) is 116 cm³/mol. The Morgan fingerprint density at radius 3 is 2.88 bits per heavy atom. The summed E-state index contributed by atoms with van der Waals surface area (Å²) in [5.74, 6) is 4.28. The lowest BCUT2D eigenvalue weighted by Crippen LogP contribution is -2.43. The van der Waals surface area contributed by atoms with E-state index in [1.54, 1.807) is 0 Å². The van der Waals surface area contributed by atoms with Crippen molar-refractivity contribution in [1.82, 2.24) is 25.4 Å². The van der Waals surface area contributed by atoms with E-state index in [-0.39, 0.29) is 24.0 Å². The number of aryl methyl sites for hydroxylation is 1. The smallest absolute Gasteiger partial charge is 0.191 e. The van der Waals surface area contributed by atoms with Gasteiger partial charge in [-0.25, -0.2) is 4.99 Å². The molecule has 1 aromatic heterocycles. The molecule has 8 heteroatoms. The van der Waals surface area contributed by atoms with Gasteiger partial charge < -0.3 is 15.2 Å². The summed E-state index contributed by atoms with van der Waals surface area (Å²) in [7, 11) is 0. The molecule has 0 amide bonds. The van der Waals surface area contributed by atoms with Gasteiger partial charge in [0, 0.05) is 30.8 Å². The highest BCUT2D eigenvalue weighted by molar-refractivity contribution is 14.0. The fraction of sp³-hybridized carbons (Fsp3) is 0.824. The SMILES string of the molecule is CCNC(=NCc1nnc2n1CCCCC2)NCC1(C)CCCS1.I. The van der Waals surface area contributed by atoms with Crippen LogP contribution in [-0.2, 0) is 19.5 Å². The first kappa shape index (κ1) is 20.8. The molecule has 2 aliphatic rings. The van der Waals surface area contributed by atoms with E-state index in [4.69, 9.17) is 4.99 Å². The molecule has 25 heavy (non-hydrogen) atoms. The lowest BCUT2D eigenvalue weighted by molar-refractivity contribution is 0.582. The van der Waals surface area contributed by atoms with Gasteiger partial charge in [0.05, 0.1) is 0 Å². The molecule has 0 aliphatic carbocycles. The Labute approximate surface area is 172 Å². The minimum atomic E-state index is 0. The number of halogens is 1. The van der Waals surface area contributed by atoms with Gasteiger partial charge in [-0.3, -0.25) is 0 Å². The molecule has 2 N–H and O–H groups in total. The molecular weight excluding hydrogens is 447 g/mol. The van der Waals surface area contributed by atoms with Crippen LogP contribution in [0.3, 0.4) is 0 Å². The van der Waals surface area contributed by atoms with Gasteiger partial charge in [-0.15, -0.1) is 34.2 Å². The topological polar surface area (TPSA) is 67.1 Å². The maximum Gasteiger partial charge on any atom is 0.191 e. The van der Waals surface area contributed by atoms with Gasteiger partial charge in [0.1, 0.15) is 12.4 Å². The summed E-state index contributed by atoms with van der Waals surface area (Å²) in [5, 5.41) is 15.6. The normalized spacial score (nSPS) is 23.5. The van der Waals surface area contributed by atoms with E-state index in [0.717, 1.165) is 43.7 Å². The summed E-state index contributed by atoms with van der Waals surface area (Å²) in [6.07, 6.45) is 7.37. The van der Waals surface area contributed by atoms with Crippen LogP contribution in [0.15, 0.2) is 4.99 Å². The molecule has 1 atom stereocenters. The minimum Gasteiger partial charge on any atom is -0.357 e. The second-order valence-corrected chi connectivity index (χ2v) is 8.63. The Bertz CT molecular complexity index is 567. The van der Waals surface area contributed by atoms with Gasteiger partial charge in [0.2, 0.25) is 0 Å². The first-order valence-electron chi connectivity index (χ1n) is 9.27. The van der Waals surface area contributed by atoms with Crippen LogP contribution < -0.4 is 10.6 Å². The second-order valence-electron chi connectivity index (χ2n) is 6.95. The zero-order chi connectivity index (χ0) is 16.8. The van der Waals surface area contributed by atoms with Gasteiger partial charge in [-0.1, -0.05) is 6.42 Å². The van der Waals surface area contributed by atoms with Crippen molar-refractivity contribution in [2.45, 2.75) is 70.2 Å². The summed E-state index contributed by atoms with van der Waals surface area (Å²) in [6.45, 7) is 7.90. The third-order valence-corrected chi connectivity index (χ3v) is 6.38. The van der Waals surface area contributed by atoms with Crippen molar-refractivity contribution in [2.24, 2.45) is 4.99 Å². The van der Waals surface area contributed by atoms with Gasteiger partial charge >= 0.3 is 0 Å². The minimum absolute atomic E-state index is 0. The number of hydrogen-bond acceptors (Lipinski definition) is 4. The van der Waals surface area contributed by atoms with Crippen LogP contribution in [0, 0.1) is 0 Å². The van der Waals surface area contributed by atoms with E-state index in [0.29, 0.717) is 11.3 Å². The molecule has 6 nitrogen and oxygen atoms in total. The Kier molecular flexibility index (Phi) is 8.31. The quantitative estimate of drug-likeness (QED) is 0.387. The van der Waals surface area contributed by atoms with Gasteiger partial charge in [0.15, 0.2) is 11.8 Å². The van der Waals surface area contributed by atoms with Crippen LogP contribution in [0.1, 0.15) is 57.6 Å². The van der Waals surface area contributed by atoms with E-state index >= 15 is 0 Å². The average molecular weight is 478 g/mol. The fourth-order valence-corrected chi connectivity index (χ4v) is 4.65. The molecule has 3 rings (SSSR count). The molecule has 0 spiro atoms. The number of fused-ring (bicyclic) bond motifs is 1. The Morgan fingerprint density at radius 2 is 2.12 bits per heavy atom. The van der Waals surface area contributed by atoms with E-state index < -0.39 is 0 Å². The number of nitrogens with zero attached hydrogens (tertiary/aromatic N) is 4. The van der Waals surface area contributed by atoms with Crippen molar-refractivity contribution in [1.29, 1.82) is 0 Å². The Balaban J connectivity index is 0.00000225. The molecule has 1 unspecified atom stereocenters. The number of rotatable bonds is 5. The number of nitrogens with one attached hydrogen (secondary N) is 2. The van der Waals surface area contributed by atoms with Crippen molar-refractivity contribution < 1.29 is 0 Å². The largest absolute Gasteiger partial charge is 0.357 e. The van der Waals surface area contributed by atoms with Crippen molar-refractivity contribution in [2.75, 3.05) is 18.8 Å². The van der Waals surface area contributed by atoms with Crippen LogP contribution in [0.4, 0.5) is 0 Å².